The van der Waals surface area contributed by atoms with E-state index in [0.717, 1.165) is 5.56 Å². The van der Waals surface area contributed by atoms with Gasteiger partial charge in [-0.25, -0.2) is 4.98 Å². The topological polar surface area (TPSA) is 97.1 Å². The van der Waals surface area contributed by atoms with Crippen LogP contribution in [0.5, 0.6) is 0 Å². The molecule has 8 heteroatoms. The highest BCUT2D eigenvalue weighted by Gasteiger charge is 2.19. The van der Waals surface area contributed by atoms with Crippen LogP contribution in [0.15, 0.2) is 39.9 Å². The predicted octanol–water partition coefficient (Wildman–Crippen LogP) is 2.93. The van der Waals surface area contributed by atoms with Crippen LogP contribution in [0.25, 0.3) is 11.1 Å². The lowest BCUT2D eigenvalue weighted by molar-refractivity contribution is -0.118. The molecule has 3 aromatic rings. The first kappa shape index (κ1) is 17.9. The van der Waals surface area contributed by atoms with E-state index in [1.165, 1.54) is 11.8 Å². The van der Waals surface area contributed by atoms with Crippen molar-refractivity contribution in [2.45, 2.75) is 19.0 Å². The highest BCUT2D eigenvalue weighted by molar-refractivity contribution is 7.99. The Morgan fingerprint density at radius 1 is 1.15 bits per heavy atom. The van der Waals surface area contributed by atoms with E-state index in [-0.39, 0.29) is 17.6 Å². The average Bonchev–Trinajstić information content (AvgIpc) is 2.94. The molecule has 1 aromatic carbocycles. The molecular weight excluding hydrogens is 352 g/mol. The third-order valence-electron chi connectivity index (χ3n) is 3.89. The number of thioether (sulfide) groups is 1. The lowest BCUT2D eigenvalue weighted by atomic mass is 10.2. The maximum atomic E-state index is 12.5. The number of hydrogen-bond acceptors (Lipinski definition) is 6. The van der Waals surface area contributed by atoms with Gasteiger partial charge >= 0.3 is 0 Å². The number of furan rings is 1. The zero-order chi connectivity index (χ0) is 18.7. The van der Waals surface area contributed by atoms with E-state index in [4.69, 9.17) is 4.42 Å². The van der Waals surface area contributed by atoms with Gasteiger partial charge in [-0.2, -0.15) is 4.98 Å². The summed E-state index contributed by atoms with van der Waals surface area (Å²) in [5, 5.41) is 6.40. The molecule has 2 amide bonds. The SMILES string of the molecule is CNC(=O)CSc1nc(NC(=O)c2ccccc2)c2c(C)c(C)oc2n1. The van der Waals surface area contributed by atoms with Gasteiger partial charge in [0.2, 0.25) is 11.6 Å². The summed E-state index contributed by atoms with van der Waals surface area (Å²) in [6.45, 7) is 3.72. The molecular formula is C18H18N4O3S. The molecule has 3 rings (SSSR count). The summed E-state index contributed by atoms with van der Waals surface area (Å²) in [5.74, 6) is 0.842. The number of aryl methyl sites for hydroxylation is 2. The van der Waals surface area contributed by atoms with Crippen LogP contribution in [0.2, 0.25) is 0 Å². The van der Waals surface area contributed by atoms with Crippen molar-refractivity contribution in [1.82, 2.24) is 15.3 Å². The molecule has 0 saturated carbocycles. The third kappa shape index (κ3) is 3.70. The summed E-state index contributed by atoms with van der Waals surface area (Å²) in [6, 6.07) is 8.88. The summed E-state index contributed by atoms with van der Waals surface area (Å²) < 4.78 is 5.68. The summed E-state index contributed by atoms with van der Waals surface area (Å²) in [5.41, 5.74) is 1.78. The summed E-state index contributed by atoms with van der Waals surface area (Å²) in [7, 11) is 1.57. The Labute approximate surface area is 154 Å². The number of carbonyl (C=O) groups excluding carboxylic acids is 2. The van der Waals surface area contributed by atoms with E-state index >= 15 is 0 Å². The van der Waals surface area contributed by atoms with E-state index < -0.39 is 0 Å². The normalized spacial score (nSPS) is 10.7. The second-order valence-corrected chi connectivity index (χ2v) is 6.54. The Balaban J connectivity index is 1.98. The molecule has 2 aromatic heterocycles. The zero-order valence-electron chi connectivity index (χ0n) is 14.6. The molecule has 0 radical (unpaired) electrons. The van der Waals surface area contributed by atoms with Gasteiger partial charge in [0.1, 0.15) is 11.6 Å². The Kier molecular flexibility index (Phi) is 5.22. The molecule has 0 atom stereocenters. The van der Waals surface area contributed by atoms with Crippen molar-refractivity contribution in [3.8, 4) is 0 Å². The van der Waals surface area contributed by atoms with Gasteiger partial charge in [0.05, 0.1) is 11.1 Å². The molecule has 0 aliphatic rings. The number of nitrogens with zero attached hydrogens (tertiary/aromatic N) is 2. The van der Waals surface area contributed by atoms with Crippen LogP contribution < -0.4 is 10.6 Å². The number of benzene rings is 1. The van der Waals surface area contributed by atoms with Gasteiger partial charge < -0.3 is 15.1 Å². The number of aromatic nitrogens is 2. The van der Waals surface area contributed by atoms with Crippen molar-refractivity contribution in [2.75, 3.05) is 18.1 Å². The van der Waals surface area contributed by atoms with Crippen molar-refractivity contribution in [2.24, 2.45) is 0 Å². The summed E-state index contributed by atoms with van der Waals surface area (Å²) in [6.07, 6.45) is 0. The molecule has 0 unspecified atom stereocenters. The molecule has 0 aliphatic carbocycles. The molecule has 0 bridgehead atoms. The Morgan fingerprint density at radius 3 is 2.58 bits per heavy atom. The van der Waals surface area contributed by atoms with Crippen molar-refractivity contribution in [3.05, 3.63) is 47.2 Å². The number of amides is 2. The van der Waals surface area contributed by atoms with E-state index in [1.807, 2.05) is 19.9 Å². The van der Waals surface area contributed by atoms with Crippen LogP contribution in [0, 0.1) is 13.8 Å². The monoisotopic (exact) mass is 370 g/mol. The Morgan fingerprint density at radius 2 is 1.88 bits per heavy atom. The lowest BCUT2D eigenvalue weighted by Gasteiger charge is -2.08. The van der Waals surface area contributed by atoms with Gasteiger partial charge in [0, 0.05) is 18.2 Å². The summed E-state index contributed by atoms with van der Waals surface area (Å²) >= 11 is 1.17. The average molecular weight is 370 g/mol. The van der Waals surface area contributed by atoms with Crippen LogP contribution in [0.1, 0.15) is 21.7 Å². The third-order valence-corrected chi connectivity index (χ3v) is 4.73. The second kappa shape index (κ2) is 7.57. The van der Waals surface area contributed by atoms with Gasteiger partial charge in [0.15, 0.2) is 5.16 Å². The Hall–Kier alpha value is -2.87. The van der Waals surface area contributed by atoms with Gasteiger partial charge in [0.25, 0.3) is 5.91 Å². The molecule has 7 nitrogen and oxygen atoms in total. The van der Waals surface area contributed by atoms with Crippen molar-refractivity contribution in [3.63, 3.8) is 0 Å². The molecule has 0 aliphatic heterocycles. The fraction of sp³-hybridized carbons (Fsp3) is 0.222. The fourth-order valence-electron chi connectivity index (χ4n) is 2.36. The number of nitrogens with one attached hydrogen (secondary N) is 2. The van der Waals surface area contributed by atoms with Crippen LogP contribution in [-0.2, 0) is 4.79 Å². The number of fused-ring (bicyclic) bond motifs is 1. The standard InChI is InChI=1S/C18H18N4O3S/c1-10-11(2)25-17-14(10)15(20-16(24)12-7-5-4-6-8-12)21-18(22-17)26-9-13(23)19-3/h4-8H,9H2,1-3H3,(H,19,23)(H,20,21,22,24). The second-order valence-electron chi connectivity index (χ2n) is 5.60. The van der Waals surface area contributed by atoms with Gasteiger partial charge in [-0.1, -0.05) is 30.0 Å². The highest BCUT2D eigenvalue weighted by Crippen LogP contribution is 2.31. The summed E-state index contributed by atoms with van der Waals surface area (Å²) in [4.78, 5) is 32.8. The first-order valence-electron chi connectivity index (χ1n) is 7.97. The number of anilines is 1. The first-order chi connectivity index (χ1) is 12.5. The van der Waals surface area contributed by atoms with E-state index in [1.54, 1.807) is 31.3 Å². The molecule has 2 heterocycles. The zero-order valence-corrected chi connectivity index (χ0v) is 15.4. The van der Waals surface area contributed by atoms with Crippen molar-refractivity contribution in [1.29, 1.82) is 0 Å². The largest absolute Gasteiger partial charge is 0.443 e. The maximum Gasteiger partial charge on any atom is 0.256 e. The van der Waals surface area contributed by atoms with Gasteiger partial charge in [-0.3, -0.25) is 9.59 Å². The lowest BCUT2D eigenvalue weighted by Crippen LogP contribution is -2.20. The molecule has 2 N–H and O–H groups in total. The highest BCUT2D eigenvalue weighted by atomic mass is 32.2. The smallest absolute Gasteiger partial charge is 0.256 e. The van der Waals surface area contributed by atoms with Crippen LogP contribution in [-0.4, -0.2) is 34.6 Å². The van der Waals surface area contributed by atoms with Crippen LogP contribution in [0.4, 0.5) is 5.82 Å². The molecule has 0 fully saturated rings. The molecule has 26 heavy (non-hydrogen) atoms. The van der Waals surface area contributed by atoms with E-state index in [9.17, 15) is 9.59 Å². The van der Waals surface area contributed by atoms with Crippen molar-refractivity contribution < 1.29 is 14.0 Å². The van der Waals surface area contributed by atoms with E-state index in [0.29, 0.717) is 33.4 Å². The predicted molar refractivity (Wildman–Crippen MR) is 100 cm³/mol. The van der Waals surface area contributed by atoms with Crippen LogP contribution >= 0.6 is 11.8 Å². The van der Waals surface area contributed by atoms with E-state index in [2.05, 4.69) is 20.6 Å². The number of rotatable bonds is 5. The fourth-order valence-corrected chi connectivity index (χ4v) is 3.06. The minimum Gasteiger partial charge on any atom is -0.443 e. The molecule has 0 spiro atoms. The molecule has 0 saturated heterocycles. The molecule has 134 valence electrons. The maximum absolute atomic E-state index is 12.5. The van der Waals surface area contributed by atoms with Gasteiger partial charge in [-0.15, -0.1) is 0 Å². The minimum atomic E-state index is -0.272. The number of hydrogen-bond donors (Lipinski definition) is 2. The first-order valence-corrected chi connectivity index (χ1v) is 8.95. The van der Waals surface area contributed by atoms with Crippen molar-refractivity contribution >= 4 is 40.5 Å². The minimum absolute atomic E-state index is 0.139. The van der Waals surface area contributed by atoms with Crippen LogP contribution in [0.3, 0.4) is 0 Å². The number of carbonyl (C=O) groups is 2. The Bertz CT molecular complexity index is 969. The quantitative estimate of drug-likeness (QED) is 0.529. The van der Waals surface area contributed by atoms with Gasteiger partial charge in [-0.05, 0) is 26.0 Å².